The zero-order valence-corrected chi connectivity index (χ0v) is 10.8. The lowest BCUT2D eigenvalue weighted by molar-refractivity contribution is 0.444. The summed E-state index contributed by atoms with van der Waals surface area (Å²) in [6.45, 7) is 0. The van der Waals surface area contributed by atoms with Gasteiger partial charge in [-0.05, 0) is 31.0 Å². The maximum absolute atomic E-state index is 9.39. The van der Waals surface area contributed by atoms with Gasteiger partial charge in [0.25, 0.3) is 0 Å². The number of phenolic OH excluding ortho intramolecular Hbond substituents is 1. The third-order valence-electron chi connectivity index (χ3n) is 2.98. The Balaban J connectivity index is 2.07. The monoisotopic (exact) mass is 281 g/mol. The van der Waals surface area contributed by atoms with Crippen LogP contribution in [0.15, 0.2) is 27.7 Å². The third-order valence-corrected chi connectivity index (χ3v) is 3.70. The van der Waals surface area contributed by atoms with Crippen LogP contribution in [0.4, 0.5) is 0 Å². The highest BCUT2D eigenvalue weighted by Crippen LogP contribution is 2.22. The van der Waals surface area contributed by atoms with Gasteiger partial charge in [-0.3, -0.25) is 4.99 Å². The van der Waals surface area contributed by atoms with Crippen LogP contribution in [0.25, 0.3) is 0 Å². The van der Waals surface area contributed by atoms with Gasteiger partial charge in [-0.25, -0.2) is 0 Å². The molecular formula is C13H16BrNO. The molecule has 1 aromatic rings. The number of nitrogens with zero attached hydrogens (tertiary/aromatic N) is 1. The van der Waals surface area contributed by atoms with E-state index in [2.05, 4.69) is 20.9 Å². The van der Waals surface area contributed by atoms with E-state index in [9.17, 15) is 5.11 Å². The molecule has 0 saturated heterocycles. The molecule has 0 spiro atoms. The molecule has 0 atom stereocenters. The normalized spacial score (nSPS) is 18.1. The summed E-state index contributed by atoms with van der Waals surface area (Å²) >= 11 is 3.45. The van der Waals surface area contributed by atoms with E-state index < -0.39 is 0 Å². The molecule has 1 N–H and O–H groups in total. The van der Waals surface area contributed by atoms with E-state index in [4.69, 9.17) is 0 Å². The molecule has 0 aliphatic heterocycles. The number of rotatable bonds is 2. The van der Waals surface area contributed by atoms with Crippen LogP contribution in [0, 0.1) is 0 Å². The minimum Gasteiger partial charge on any atom is -0.508 e. The van der Waals surface area contributed by atoms with Crippen LogP contribution in [-0.4, -0.2) is 17.4 Å². The molecule has 16 heavy (non-hydrogen) atoms. The lowest BCUT2D eigenvalue weighted by Gasteiger charge is -2.17. The van der Waals surface area contributed by atoms with Crippen molar-refractivity contribution in [3.63, 3.8) is 0 Å². The Kier molecular flexibility index (Phi) is 3.99. The molecule has 86 valence electrons. The highest BCUT2D eigenvalue weighted by molar-refractivity contribution is 9.10. The van der Waals surface area contributed by atoms with Crippen molar-refractivity contribution < 1.29 is 5.11 Å². The molecule has 2 nitrogen and oxygen atoms in total. The second-order valence-electron chi connectivity index (χ2n) is 4.28. The number of hydrogen-bond donors (Lipinski definition) is 1. The molecule has 1 saturated carbocycles. The Labute approximate surface area is 105 Å². The predicted octanol–water partition coefficient (Wildman–Crippen LogP) is 3.91. The van der Waals surface area contributed by atoms with Gasteiger partial charge in [-0.15, -0.1) is 0 Å². The quantitative estimate of drug-likeness (QED) is 0.820. The van der Waals surface area contributed by atoms with Crippen LogP contribution < -0.4 is 0 Å². The number of aliphatic imine (C=N–C) groups is 1. The van der Waals surface area contributed by atoms with Crippen LogP contribution in [-0.2, 0) is 0 Å². The smallest absolute Gasteiger partial charge is 0.116 e. The van der Waals surface area contributed by atoms with Gasteiger partial charge in [-0.1, -0.05) is 35.2 Å². The number of halogens is 1. The molecule has 1 aliphatic carbocycles. The summed E-state index contributed by atoms with van der Waals surface area (Å²) in [6.07, 6.45) is 8.22. The highest BCUT2D eigenvalue weighted by atomic mass is 79.9. The van der Waals surface area contributed by atoms with Crippen LogP contribution >= 0.6 is 15.9 Å². The van der Waals surface area contributed by atoms with Crippen LogP contribution in [0.5, 0.6) is 5.75 Å². The second-order valence-corrected chi connectivity index (χ2v) is 5.13. The molecule has 0 radical (unpaired) electrons. The maximum Gasteiger partial charge on any atom is 0.116 e. The van der Waals surface area contributed by atoms with E-state index in [-0.39, 0.29) is 5.75 Å². The Hall–Kier alpha value is -0.830. The van der Waals surface area contributed by atoms with Crippen molar-refractivity contribution in [3.05, 3.63) is 28.2 Å². The summed E-state index contributed by atoms with van der Waals surface area (Å²) in [5.41, 5.74) is 0.950. The van der Waals surface area contributed by atoms with E-state index in [1.54, 1.807) is 12.1 Å². The van der Waals surface area contributed by atoms with Gasteiger partial charge in [0, 0.05) is 22.3 Å². The molecule has 0 aromatic heterocycles. The summed E-state index contributed by atoms with van der Waals surface area (Å²) in [7, 11) is 0. The van der Waals surface area contributed by atoms with E-state index >= 15 is 0 Å². The average Bonchev–Trinajstić information content (AvgIpc) is 2.32. The molecule has 0 bridgehead atoms. The van der Waals surface area contributed by atoms with E-state index in [1.165, 1.54) is 32.1 Å². The van der Waals surface area contributed by atoms with Crippen molar-refractivity contribution in [2.45, 2.75) is 38.1 Å². The van der Waals surface area contributed by atoms with Gasteiger partial charge in [-0.2, -0.15) is 0 Å². The molecular weight excluding hydrogens is 266 g/mol. The Bertz CT molecular complexity index is 384. The second kappa shape index (κ2) is 5.48. The fourth-order valence-corrected chi connectivity index (χ4v) is 2.39. The van der Waals surface area contributed by atoms with Gasteiger partial charge in [0.2, 0.25) is 0 Å². The van der Waals surface area contributed by atoms with E-state index in [0.29, 0.717) is 6.04 Å². The summed E-state index contributed by atoms with van der Waals surface area (Å²) < 4.78 is 0.977. The van der Waals surface area contributed by atoms with Crippen LogP contribution in [0.2, 0.25) is 0 Å². The van der Waals surface area contributed by atoms with Gasteiger partial charge < -0.3 is 5.11 Å². The molecule has 1 fully saturated rings. The molecule has 0 amide bonds. The van der Waals surface area contributed by atoms with Crippen molar-refractivity contribution in [1.29, 1.82) is 0 Å². The zero-order valence-electron chi connectivity index (χ0n) is 9.19. The van der Waals surface area contributed by atoms with Crippen LogP contribution in [0.1, 0.15) is 37.7 Å². The summed E-state index contributed by atoms with van der Waals surface area (Å²) in [5.74, 6) is 0.285. The van der Waals surface area contributed by atoms with E-state index in [1.807, 2.05) is 12.3 Å². The maximum atomic E-state index is 9.39. The van der Waals surface area contributed by atoms with Gasteiger partial charge in [0.1, 0.15) is 5.75 Å². The first kappa shape index (κ1) is 11.6. The predicted molar refractivity (Wildman–Crippen MR) is 70.3 cm³/mol. The molecule has 0 unspecified atom stereocenters. The standard InChI is InChI=1S/C13H16BrNO/c14-13-7-6-12(16)8-10(13)9-15-11-4-2-1-3-5-11/h6-9,11,16H,1-5H2. The number of hydrogen-bond acceptors (Lipinski definition) is 2. The molecule has 0 heterocycles. The lowest BCUT2D eigenvalue weighted by Crippen LogP contribution is -2.09. The highest BCUT2D eigenvalue weighted by Gasteiger charge is 2.10. The van der Waals surface area contributed by atoms with Gasteiger partial charge >= 0.3 is 0 Å². The summed E-state index contributed by atoms with van der Waals surface area (Å²) in [5, 5.41) is 9.39. The number of phenols is 1. The van der Waals surface area contributed by atoms with E-state index in [0.717, 1.165) is 10.0 Å². The molecule has 1 aliphatic rings. The Morgan fingerprint density at radius 2 is 2.00 bits per heavy atom. The van der Waals surface area contributed by atoms with Gasteiger partial charge in [0.15, 0.2) is 0 Å². The zero-order chi connectivity index (χ0) is 11.4. The third kappa shape index (κ3) is 3.08. The first-order chi connectivity index (χ1) is 7.75. The van der Waals surface area contributed by atoms with Crippen molar-refractivity contribution >= 4 is 22.1 Å². The fraction of sp³-hybridized carbons (Fsp3) is 0.462. The molecule has 2 rings (SSSR count). The Morgan fingerprint density at radius 3 is 2.75 bits per heavy atom. The first-order valence-electron chi connectivity index (χ1n) is 5.77. The topological polar surface area (TPSA) is 32.6 Å². The summed E-state index contributed by atoms with van der Waals surface area (Å²) in [6, 6.07) is 5.72. The largest absolute Gasteiger partial charge is 0.508 e. The number of aromatic hydroxyl groups is 1. The summed E-state index contributed by atoms with van der Waals surface area (Å²) in [4.78, 5) is 4.59. The molecule has 1 aromatic carbocycles. The number of benzene rings is 1. The molecule has 3 heteroatoms. The SMILES string of the molecule is Oc1ccc(Br)c(C=NC2CCCCC2)c1. The first-order valence-corrected chi connectivity index (χ1v) is 6.57. The van der Waals surface area contributed by atoms with Crippen molar-refractivity contribution in [2.75, 3.05) is 0 Å². The Morgan fingerprint density at radius 1 is 1.25 bits per heavy atom. The van der Waals surface area contributed by atoms with Crippen molar-refractivity contribution in [2.24, 2.45) is 4.99 Å². The lowest BCUT2D eigenvalue weighted by atomic mass is 9.96. The minimum absolute atomic E-state index is 0.285. The van der Waals surface area contributed by atoms with Crippen molar-refractivity contribution in [3.8, 4) is 5.75 Å². The fourth-order valence-electron chi connectivity index (χ4n) is 2.05. The van der Waals surface area contributed by atoms with Gasteiger partial charge in [0.05, 0.1) is 0 Å². The average molecular weight is 282 g/mol. The van der Waals surface area contributed by atoms with Crippen molar-refractivity contribution in [1.82, 2.24) is 0 Å². The van der Waals surface area contributed by atoms with Crippen LogP contribution in [0.3, 0.4) is 0 Å². The minimum atomic E-state index is 0.285.